The maximum Gasteiger partial charge on any atom is 0.175 e. The first kappa shape index (κ1) is 7.93. The van der Waals surface area contributed by atoms with Gasteiger partial charge in [-0.3, -0.25) is 0 Å². The number of halogens is 1. The molecule has 10 heavy (non-hydrogen) atoms. The Hall–Kier alpha value is -0.170. The number of methoxy groups -OCH3 is 1. The summed E-state index contributed by atoms with van der Waals surface area (Å²) in [6, 6.07) is 0. The molecule has 0 spiro atoms. The largest absolute Gasteiger partial charge is 0.486 e. The van der Waals surface area contributed by atoms with Gasteiger partial charge in [0.25, 0.3) is 0 Å². The lowest BCUT2D eigenvalue weighted by Gasteiger charge is -1.82. The molecule has 1 aromatic rings. The molecule has 3 nitrogen and oxygen atoms in total. The molecular formula is C5H5IN2OS. The van der Waals surface area contributed by atoms with E-state index in [9.17, 15) is 0 Å². The van der Waals surface area contributed by atoms with Gasteiger partial charge in [0.1, 0.15) is 5.00 Å². The van der Waals surface area contributed by atoms with Gasteiger partial charge in [-0.2, -0.15) is 0 Å². The second-order valence-corrected chi connectivity index (χ2v) is 4.18. The first-order chi connectivity index (χ1) is 4.83. The average molecular weight is 268 g/mol. The third-order valence-corrected chi connectivity index (χ3v) is 2.38. The summed E-state index contributed by atoms with van der Waals surface area (Å²) in [5.74, 6) is 0. The van der Waals surface area contributed by atoms with Crippen LogP contribution >= 0.6 is 33.9 Å². The summed E-state index contributed by atoms with van der Waals surface area (Å²) in [5, 5.41) is 0.867. The summed E-state index contributed by atoms with van der Waals surface area (Å²) in [4.78, 5) is 7.95. The Labute approximate surface area is 76.3 Å². The molecule has 1 aromatic heterocycles. The number of nitrogens with zero attached hydrogens (tertiary/aromatic N) is 2. The van der Waals surface area contributed by atoms with Gasteiger partial charge < -0.3 is 4.74 Å². The van der Waals surface area contributed by atoms with E-state index in [2.05, 4.69) is 37.3 Å². The minimum absolute atomic E-state index is 0.867. The highest BCUT2D eigenvalue weighted by atomic mass is 127. The normalized spacial score (nSPS) is 10.6. The van der Waals surface area contributed by atoms with Gasteiger partial charge in [0.15, 0.2) is 9.42 Å². The van der Waals surface area contributed by atoms with Crippen molar-refractivity contribution < 1.29 is 4.74 Å². The first-order valence-corrected chi connectivity index (χ1v) is 4.39. The molecule has 0 atom stereocenters. The van der Waals surface area contributed by atoms with Gasteiger partial charge in [-0.15, -0.1) is 0 Å². The van der Waals surface area contributed by atoms with E-state index in [0.717, 1.165) is 8.02 Å². The molecule has 1 rings (SSSR count). The van der Waals surface area contributed by atoms with Crippen molar-refractivity contribution in [3.63, 3.8) is 0 Å². The van der Waals surface area contributed by atoms with Crippen LogP contribution < -0.4 is 0 Å². The number of ether oxygens (including phenoxy) is 1. The van der Waals surface area contributed by atoms with Crippen molar-refractivity contribution in [2.45, 2.75) is 0 Å². The summed E-state index contributed by atoms with van der Waals surface area (Å²) >= 11 is 3.67. The lowest BCUT2D eigenvalue weighted by Crippen LogP contribution is -1.71. The van der Waals surface area contributed by atoms with E-state index >= 15 is 0 Å². The van der Waals surface area contributed by atoms with Crippen LogP contribution in [0.4, 0.5) is 5.00 Å². The molecule has 0 amide bonds. The molecule has 0 aromatic carbocycles. The standard InChI is InChI=1S/C5H5IN2OS/c1-9-3-8-4-2-7-5(6)10-4/h2-3H,1H3/b8-3+. The number of hydrogen-bond acceptors (Lipinski definition) is 4. The lowest BCUT2D eigenvalue weighted by molar-refractivity contribution is 0.423. The van der Waals surface area contributed by atoms with Gasteiger partial charge in [-0.1, -0.05) is 11.3 Å². The number of rotatable bonds is 2. The summed E-state index contributed by atoms with van der Waals surface area (Å²) < 4.78 is 5.63. The monoisotopic (exact) mass is 268 g/mol. The molecule has 0 aliphatic heterocycles. The maximum absolute atomic E-state index is 4.64. The smallest absolute Gasteiger partial charge is 0.175 e. The highest BCUT2D eigenvalue weighted by Gasteiger charge is 1.93. The molecule has 0 unspecified atom stereocenters. The SMILES string of the molecule is CO/C=N/c1cnc(I)s1. The Balaban J connectivity index is 2.67. The molecule has 54 valence electrons. The Kier molecular flexibility index (Phi) is 3.07. The molecule has 0 N–H and O–H groups in total. The average Bonchev–Trinajstić information content (AvgIpc) is 2.31. The Morgan fingerprint density at radius 2 is 2.70 bits per heavy atom. The fourth-order valence-electron chi connectivity index (χ4n) is 0.409. The third-order valence-electron chi connectivity index (χ3n) is 0.751. The van der Waals surface area contributed by atoms with E-state index in [1.165, 1.54) is 17.7 Å². The van der Waals surface area contributed by atoms with E-state index < -0.39 is 0 Å². The lowest BCUT2D eigenvalue weighted by atomic mass is 10.9. The van der Waals surface area contributed by atoms with Crippen molar-refractivity contribution in [3.8, 4) is 0 Å². The molecule has 0 saturated heterocycles. The first-order valence-electron chi connectivity index (χ1n) is 2.49. The van der Waals surface area contributed by atoms with Gasteiger partial charge in [0, 0.05) is 0 Å². The van der Waals surface area contributed by atoms with Crippen LogP contribution in [-0.4, -0.2) is 18.5 Å². The Morgan fingerprint density at radius 3 is 3.20 bits per heavy atom. The molecule has 0 aliphatic rings. The summed E-state index contributed by atoms with van der Waals surface area (Å²) in [6.07, 6.45) is 3.10. The van der Waals surface area contributed by atoms with Crippen LogP contribution in [0, 0.1) is 3.01 Å². The minimum atomic E-state index is 0.867. The van der Waals surface area contributed by atoms with Crippen molar-refractivity contribution in [1.82, 2.24) is 4.98 Å². The van der Waals surface area contributed by atoms with Crippen molar-refractivity contribution in [1.29, 1.82) is 0 Å². The molecule has 0 fully saturated rings. The molecule has 0 bridgehead atoms. The van der Waals surface area contributed by atoms with Gasteiger partial charge in [0.05, 0.1) is 13.3 Å². The molecule has 5 heteroatoms. The number of aliphatic imine (C=N–C) groups is 1. The molecule has 0 saturated carbocycles. The van der Waals surface area contributed by atoms with E-state index in [1.807, 2.05) is 0 Å². The predicted molar refractivity (Wildman–Crippen MR) is 50.0 cm³/mol. The Bertz CT molecular complexity index is 235. The second-order valence-electron chi connectivity index (χ2n) is 1.42. The van der Waals surface area contributed by atoms with E-state index in [-0.39, 0.29) is 0 Å². The van der Waals surface area contributed by atoms with Gasteiger partial charge in [0.2, 0.25) is 0 Å². The van der Waals surface area contributed by atoms with Crippen LogP contribution in [0.5, 0.6) is 0 Å². The molecule has 0 radical (unpaired) electrons. The number of aromatic nitrogens is 1. The van der Waals surface area contributed by atoms with Gasteiger partial charge in [-0.05, 0) is 22.6 Å². The molecule has 0 aliphatic carbocycles. The van der Waals surface area contributed by atoms with Crippen LogP contribution in [-0.2, 0) is 4.74 Å². The fraction of sp³-hybridized carbons (Fsp3) is 0.200. The van der Waals surface area contributed by atoms with Gasteiger partial charge in [-0.25, -0.2) is 9.98 Å². The van der Waals surface area contributed by atoms with Crippen LogP contribution in [0.2, 0.25) is 0 Å². The molecule has 1 heterocycles. The zero-order valence-corrected chi connectivity index (χ0v) is 8.22. The number of thiazole rings is 1. The minimum Gasteiger partial charge on any atom is -0.486 e. The van der Waals surface area contributed by atoms with Crippen molar-refractivity contribution in [2.75, 3.05) is 7.11 Å². The van der Waals surface area contributed by atoms with E-state index in [1.54, 1.807) is 13.3 Å². The van der Waals surface area contributed by atoms with E-state index in [0.29, 0.717) is 0 Å². The topological polar surface area (TPSA) is 34.5 Å². The fourth-order valence-corrected chi connectivity index (χ4v) is 1.70. The van der Waals surface area contributed by atoms with Crippen molar-refractivity contribution in [3.05, 3.63) is 9.21 Å². The quantitative estimate of drug-likeness (QED) is 0.467. The van der Waals surface area contributed by atoms with Crippen molar-refractivity contribution >= 4 is 45.3 Å². The molecular weight excluding hydrogens is 263 g/mol. The van der Waals surface area contributed by atoms with Crippen molar-refractivity contribution in [2.24, 2.45) is 4.99 Å². The summed E-state index contributed by atoms with van der Waals surface area (Å²) in [7, 11) is 1.56. The van der Waals surface area contributed by atoms with Gasteiger partial charge >= 0.3 is 0 Å². The Morgan fingerprint density at radius 1 is 1.90 bits per heavy atom. The number of hydrogen-bond donors (Lipinski definition) is 0. The second kappa shape index (κ2) is 3.87. The third kappa shape index (κ3) is 2.22. The van der Waals surface area contributed by atoms with E-state index in [4.69, 9.17) is 0 Å². The van der Waals surface area contributed by atoms with Crippen LogP contribution in [0.1, 0.15) is 0 Å². The highest BCUT2D eigenvalue weighted by molar-refractivity contribution is 14.1. The maximum atomic E-state index is 4.64. The highest BCUT2D eigenvalue weighted by Crippen LogP contribution is 2.22. The predicted octanol–water partition coefficient (Wildman–Crippen LogP) is 2.05. The van der Waals surface area contributed by atoms with Crippen LogP contribution in [0.3, 0.4) is 0 Å². The van der Waals surface area contributed by atoms with Crippen LogP contribution in [0.15, 0.2) is 11.2 Å². The van der Waals surface area contributed by atoms with Crippen LogP contribution in [0.25, 0.3) is 0 Å². The zero-order chi connectivity index (χ0) is 7.40. The summed E-state index contributed by atoms with van der Waals surface area (Å²) in [5.41, 5.74) is 0. The summed E-state index contributed by atoms with van der Waals surface area (Å²) in [6.45, 7) is 0. The zero-order valence-electron chi connectivity index (χ0n) is 5.24.